The maximum atomic E-state index is 14.0. The first-order valence-electron chi connectivity index (χ1n) is 5.44. The molecule has 96 valence electrons. The number of methoxy groups -OCH3 is 2. The van der Waals surface area contributed by atoms with Gasteiger partial charge in [0.05, 0.1) is 20.3 Å². The van der Waals surface area contributed by atoms with Crippen LogP contribution in [0.3, 0.4) is 0 Å². The molecule has 0 radical (unpaired) electrons. The molecule has 3 nitrogen and oxygen atoms in total. The van der Waals surface area contributed by atoms with E-state index in [1.165, 1.54) is 28.1 Å². The van der Waals surface area contributed by atoms with E-state index in [2.05, 4.69) is 0 Å². The number of ether oxygens (including phenoxy) is 2. The molecule has 0 aliphatic carbocycles. The van der Waals surface area contributed by atoms with Crippen LogP contribution in [0.25, 0.3) is 0 Å². The summed E-state index contributed by atoms with van der Waals surface area (Å²) in [5, 5.41) is 9.65. The van der Waals surface area contributed by atoms with E-state index in [0.29, 0.717) is 22.6 Å². The van der Waals surface area contributed by atoms with Gasteiger partial charge in [-0.25, -0.2) is 4.39 Å². The maximum Gasteiger partial charge on any atom is 0.134 e. The van der Waals surface area contributed by atoms with Gasteiger partial charge in [0.15, 0.2) is 0 Å². The number of halogens is 1. The normalized spacial score (nSPS) is 13.4. The van der Waals surface area contributed by atoms with Gasteiger partial charge in [-0.3, -0.25) is 0 Å². The minimum absolute atomic E-state index is 0.400. The lowest BCUT2D eigenvalue weighted by molar-refractivity contribution is 0.190. The van der Waals surface area contributed by atoms with Crippen LogP contribution in [0.5, 0.6) is 11.5 Å². The van der Waals surface area contributed by atoms with Crippen LogP contribution in [-0.2, 0) is 5.67 Å². The minimum Gasteiger partial charge on any atom is -0.496 e. The van der Waals surface area contributed by atoms with E-state index in [1.807, 2.05) is 0 Å². The lowest BCUT2D eigenvalue weighted by atomic mass is 9.95. The van der Waals surface area contributed by atoms with E-state index in [0.717, 1.165) is 0 Å². The van der Waals surface area contributed by atoms with Crippen LogP contribution in [0.4, 0.5) is 4.39 Å². The third-order valence-electron chi connectivity index (χ3n) is 2.64. The standard InChI is InChI=1S/C13H19FO3/c1-8(15)9-6-10(13(2,3)14)12(17-5)7-11(9)16-4/h6-8,15H,1-5H3. The van der Waals surface area contributed by atoms with Gasteiger partial charge in [-0.1, -0.05) is 0 Å². The molecule has 0 fully saturated rings. The molecular weight excluding hydrogens is 223 g/mol. The van der Waals surface area contributed by atoms with E-state index < -0.39 is 11.8 Å². The quantitative estimate of drug-likeness (QED) is 0.882. The number of aliphatic hydroxyl groups excluding tert-OH is 1. The van der Waals surface area contributed by atoms with Gasteiger partial charge in [0.1, 0.15) is 17.2 Å². The van der Waals surface area contributed by atoms with Gasteiger partial charge in [0.25, 0.3) is 0 Å². The summed E-state index contributed by atoms with van der Waals surface area (Å²) >= 11 is 0. The van der Waals surface area contributed by atoms with Crippen molar-refractivity contribution in [1.29, 1.82) is 0 Å². The van der Waals surface area contributed by atoms with Crippen LogP contribution in [0.15, 0.2) is 12.1 Å². The van der Waals surface area contributed by atoms with Crippen molar-refractivity contribution in [2.45, 2.75) is 32.5 Å². The first-order valence-corrected chi connectivity index (χ1v) is 5.44. The van der Waals surface area contributed by atoms with E-state index in [1.54, 1.807) is 19.1 Å². The van der Waals surface area contributed by atoms with Gasteiger partial charge >= 0.3 is 0 Å². The highest BCUT2D eigenvalue weighted by Crippen LogP contribution is 2.39. The zero-order valence-electron chi connectivity index (χ0n) is 10.9. The van der Waals surface area contributed by atoms with Crippen molar-refractivity contribution in [3.63, 3.8) is 0 Å². The average molecular weight is 242 g/mol. The highest BCUT2D eigenvalue weighted by Gasteiger charge is 2.26. The molecule has 17 heavy (non-hydrogen) atoms. The van der Waals surface area contributed by atoms with Gasteiger partial charge in [0, 0.05) is 17.2 Å². The molecule has 1 aromatic carbocycles. The zero-order valence-corrected chi connectivity index (χ0v) is 10.9. The van der Waals surface area contributed by atoms with Gasteiger partial charge in [-0.2, -0.15) is 0 Å². The van der Waals surface area contributed by atoms with Crippen molar-refractivity contribution < 1.29 is 19.0 Å². The smallest absolute Gasteiger partial charge is 0.134 e. The molecule has 1 aromatic rings. The lowest BCUT2D eigenvalue weighted by Crippen LogP contribution is -2.12. The summed E-state index contributed by atoms with van der Waals surface area (Å²) in [6.07, 6.45) is -0.725. The van der Waals surface area contributed by atoms with Crippen LogP contribution in [0, 0.1) is 0 Å². The highest BCUT2D eigenvalue weighted by molar-refractivity contribution is 5.49. The Morgan fingerprint density at radius 2 is 1.71 bits per heavy atom. The van der Waals surface area contributed by atoms with Crippen molar-refractivity contribution in [3.8, 4) is 11.5 Å². The Bertz CT molecular complexity index is 394. The minimum atomic E-state index is -1.54. The van der Waals surface area contributed by atoms with Crippen LogP contribution in [-0.4, -0.2) is 19.3 Å². The molecule has 1 rings (SSSR count). The fraction of sp³-hybridized carbons (Fsp3) is 0.538. The molecule has 0 aromatic heterocycles. The molecule has 0 aliphatic heterocycles. The Hall–Kier alpha value is -1.29. The summed E-state index contributed by atoms with van der Waals surface area (Å²) in [7, 11) is 2.98. The van der Waals surface area contributed by atoms with E-state index in [9.17, 15) is 9.50 Å². The van der Waals surface area contributed by atoms with Gasteiger partial charge in [-0.15, -0.1) is 0 Å². The summed E-state index contributed by atoms with van der Waals surface area (Å²) < 4.78 is 24.3. The molecule has 0 aliphatic rings. The molecule has 1 unspecified atom stereocenters. The predicted octanol–water partition coefficient (Wildman–Crippen LogP) is 2.96. The topological polar surface area (TPSA) is 38.7 Å². The first-order chi connectivity index (χ1) is 7.81. The number of hydrogen-bond acceptors (Lipinski definition) is 3. The predicted molar refractivity (Wildman–Crippen MR) is 64.3 cm³/mol. The lowest BCUT2D eigenvalue weighted by Gasteiger charge is -2.22. The summed E-state index contributed by atoms with van der Waals surface area (Å²) in [5.41, 5.74) is -0.591. The molecule has 0 saturated heterocycles. The fourth-order valence-corrected chi connectivity index (χ4v) is 1.71. The van der Waals surface area contributed by atoms with Crippen molar-refractivity contribution in [2.75, 3.05) is 14.2 Å². The molecular formula is C13H19FO3. The van der Waals surface area contributed by atoms with Crippen LogP contribution in [0.1, 0.15) is 38.0 Å². The number of hydrogen-bond donors (Lipinski definition) is 1. The Balaban J connectivity index is 3.45. The second kappa shape index (κ2) is 4.92. The van der Waals surface area contributed by atoms with E-state index in [4.69, 9.17) is 9.47 Å². The Labute approximate surface area is 101 Å². The van der Waals surface area contributed by atoms with Crippen LogP contribution >= 0.6 is 0 Å². The van der Waals surface area contributed by atoms with Crippen molar-refractivity contribution in [3.05, 3.63) is 23.3 Å². The monoisotopic (exact) mass is 242 g/mol. The third kappa shape index (κ3) is 2.88. The summed E-state index contributed by atoms with van der Waals surface area (Å²) in [6, 6.07) is 3.18. The Morgan fingerprint density at radius 1 is 1.18 bits per heavy atom. The van der Waals surface area contributed by atoms with Crippen molar-refractivity contribution >= 4 is 0 Å². The van der Waals surface area contributed by atoms with Crippen molar-refractivity contribution in [1.82, 2.24) is 0 Å². The molecule has 0 heterocycles. The number of alkyl halides is 1. The molecule has 0 bridgehead atoms. The molecule has 0 amide bonds. The summed E-state index contributed by atoms with van der Waals surface area (Å²) in [5.74, 6) is 0.906. The zero-order chi connectivity index (χ0) is 13.2. The largest absolute Gasteiger partial charge is 0.496 e. The molecule has 4 heteroatoms. The van der Waals surface area contributed by atoms with Gasteiger partial charge in [0.2, 0.25) is 0 Å². The van der Waals surface area contributed by atoms with Gasteiger partial charge < -0.3 is 14.6 Å². The summed E-state index contributed by atoms with van der Waals surface area (Å²) in [6.45, 7) is 4.51. The third-order valence-corrected chi connectivity index (χ3v) is 2.64. The fourth-order valence-electron chi connectivity index (χ4n) is 1.71. The number of aliphatic hydroxyl groups is 1. The molecule has 1 atom stereocenters. The Morgan fingerprint density at radius 3 is 2.06 bits per heavy atom. The molecule has 0 saturated carbocycles. The first kappa shape index (κ1) is 13.8. The maximum absolute atomic E-state index is 14.0. The second-order valence-electron chi connectivity index (χ2n) is 4.44. The van der Waals surface area contributed by atoms with Crippen molar-refractivity contribution in [2.24, 2.45) is 0 Å². The second-order valence-corrected chi connectivity index (χ2v) is 4.44. The van der Waals surface area contributed by atoms with Crippen LogP contribution in [0.2, 0.25) is 0 Å². The molecule has 0 spiro atoms. The van der Waals surface area contributed by atoms with E-state index >= 15 is 0 Å². The SMILES string of the molecule is COc1cc(OC)c(C(C)(C)F)cc1C(C)O. The number of benzene rings is 1. The van der Waals surface area contributed by atoms with Gasteiger partial charge in [-0.05, 0) is 26.8 Å². The summed E-state index contributed by atoms with van der Waals surface area (Å²) in [4.78, 5) is 0. The van der Waals surface area contributed by atoms with E-state index in [-0.39, 0.29) is 0 Å². The van der Waals surface area contributed by atoms with Crippen LogP contribution < -0.4 is 9.47 Å². The number of rotatable bonds is 4. The Kier molecular flexibility index (Phi) is 3.98. The highest BCUT2D eigenvalue weighted by atomic mass is 19.1. The average Bonchev–Trinajstić information content (AvgIpc) is 2.25. The molecule has 1 N–H and O–H groups in total.